The predicted molar refractivity (Wildman–Crippen MR) is 72.5 cm³/mol. The van der Waals surface area contributed by atoms with Crippen LogP contribution in [0.5, 0.6) is 0 Å². The Bertz CT molecular complexity index is 601. The number of carbonyl (C=O) groups is 1. The Balaban J connectivity index is 2.29. The fraction of sp³-hybridized carbons (Fsp3) is 0.583. The topological polar surface area (TPSA) is 74.6 Å². The molecule has 20 heavy (non-hydrogen) atoms. The molecule has 6 nitrogen and oxygen atoms in total. The Morgan fingerprint density at radius 3 is 2.75 bits per heavy atom. The van der Waals surface area contributed by atoms with Gasteiger partial charge in [0, 0.05) is 29.3 Å². The summed E-state index contributed by atoms with van der Waals surface area (Å²) in [5.41, 5.74) is 0.172. The second kappa shape index (κ2) is 5.75. The molecule has 2 heterocycles. The van der Waals surface area contributed by atoms with E-state index in [-0.39, 0.29) is 22.7 Å². The zero-order valence-corrected chi connectivity index (χ0v) is 12.8. The number of carbonyl (C=O) groups excluding carboxylic acids is 1. The van der Waals surface area contributed by atoms with Gasteiger partial charge in [-0.15, -0.1) is 0 Å². The monoisotopic (exact) mass is 321 g/mol. The summed E-state index contributed by atoms with van der Waals surface area (Å²) < 4.78 is 34.7. The molecule has 1 aliphatic heterocycles. The van der Waals surface area contributed by atoms with Gasteiger partial charge in [-0.2, -0.15) is 0 Å². The first-order chi connectivity index (χ1) is 9.29. The Morgan fingerprint density at radius 2 is 2.25 bits per heavy atom. The summed E-state index contributed by atoms with van der Waals surface area (Å²) >= 11 is 0. The Labute approximate surface area is 122 Å². The van der Waals surface area contributed by atoms with Crippen molar-refractivity contribution in [2.75, 3.05) is 13.2 Å². The van der Waals surface area contributed by atoms with Gasteiger partial charge in [0.2, 0.25) is 0 Å². The number of ether oxygens (including phenoxy) is 2. The van der Waals surface area contributed by atoms with E-state index in [1.165, 1.54) is 16.8 Å². The van der Waals surface area contributed by atoms with Gasteiger partial charge in [0.15, 0.2) is 0 Å². The maximum absolute atomic E-state index is 12.1. The van der Waals surface area contributed by atoms with E-state index < -0.39 is 15.0 Å². The van der Waals surface area contributed by atoms with Crippen molar-refractivity contribution in [2.24, 2.45) is 0 Å². The van der Waals surface area contributed by atoms with Crippen LogP contribution in [0.15, 0.2) is 17.2 Å². The van der Waals surface area contributed by atoms with Crippen LogP contribution in [0, 0.1) is 0 Å². The first-order valence-corrected chi connectivity index (χ1v) is 8.55. The van der Waals surface area contributed by atoms with Crippen molar-refractivity contribution in [1.82, 2.24) is 4.57 Å². The molecule has 0 aromatic carbocycles. The molecule has 112 valence electrons. The van der Waals surface area contributed by atoms with Crippen LogP contribution in [0.1, 0.15) is 36.8 Å². The van der Waals surface area contributed by atoms with Crippen LogP contribution in [0.4, 0.5) is 0 Å². The van der Waals surface area contributed by atoms with Crippen molar-refractivity contribution in [1.29, 1.82) is 0 Å². The summed E-state index contributed by atoms with van der Waals surface area (Å²) in [5.74, 6) is -0.569. The molecule has 0 radical (unpaired) electrons. The van der Waals surface area contributed by atoms with Gasteiger partial charge >= 0.3 is 5.97 Å². The number of esters is 1. The minimum absolute atomic E-state index is 0.0930. The normalized spacial score (nSPS) is 19.5. The molecule has 1 saturated heterocycles. The minimum Gasteiger partial charge on any atom is -0.455 e. The third-order valence-corrected chi connectivity index (χ3v) is 4.35. The Morgan fingerprint density at radius 1 is 1.55 bits per heavy atom. The molecule has 1 aromatic heterocycles. The molecule has 1 aromatic rings. The lowest BCUT2D eigenvalue weighted by atomic mass is 10.3. The van der Waals surface area contributed by atoms with Crippen LogP contribution in [-0.4, -0.2) is 38.3 Å². The quantitative estimate of drug-likeness (QED) is 0.626. The number of hydrogen-bond acceptors (Lipinski definition) is 5. The summed E-state index contributed by atoms with van der Waals surface area (Å²) in [5, 5.41) is 0. The standard InChI is InChI=1S/C12H16ClNO5S/c1-8(2)14-6-10(20(13,16)17)5-11(14)12(15)19-9-3-4-18-7-9/h5-6,8-9H,3-4,7H2,1-2H3. The van der Waals surface area contributed by atoms with Gasteiger partial charge in [0.1, 0.15) is 16.7 Å². The second-order valence-corrected chi connectivity index (χ2v) is 7.46. The van der Waals surface area contributed by atoms with Crippen molar-refractivity contribution in [3.05, 3.63) is 18.0 Å². The molecule has 1 unspecified atom stereocenters. The molecule has 0 aliphatic carbocycles. The van der Waals surface area contributed by atoms with Crippen LogP contribution in [0.25, 0.3) is 0 Å². The van der Waals surface area contributed by atoms with Crippen LogP contribution < -0.4 is 0 Å². The zero-order chi connectivity index (χ0) is 14.9. The molecule has 1 atom stereocenters. The molecular weight excluding hydrogens is 306 g/mol. The highest BCUT2D eigenvalue weighted by molar-refractivity contribution is 8.13. The molecule has 2 rings (SSSR count). The average molecular weight is 322 g/mol. The predicted octanol–water partition coefficient (Wildman–Crippen LogP) is 1.94. The van der Waals surface area contributed by atoms with Crippen LogP contribution in [0.2, 0.25) is 0 Å². The van der Waals surface area contributed by atoms with Gasteiger partial charge in [-0.3, -0.25) is 0 Å². The largest absolute Gasteiger partial charge is 0.455 e. The van der Waals surface area contributed by atoms with Crippen molar-refractivity contribution in [3.8, 4) is 0 Å². The SMILES string of the molecule is CC(C)n1cc(S(=O)(=O)Cl)cc1C(=O)OC1CCOC1. The average Bonchev–Trinajstić information content (AvgIpc) is 2.95. The third-order valence-electron chi connectivity index (χ3n) is 3.03. The van der Waals surface area contributed by atoms with Gasteiger partial charge in [-0.25, -0.2) is 13.2 Å². The first kappa shape index (κ1) is 15.3. The van der Waals surface area contributed by atoms with Gasteiger partial charge in [0.25, 0.3) is 9.05 Å². The molecule has 1 aliphatic rings. The molecule has 0 amide bonds. The van der Waals surface area contributed by atoms with Gasteiger partial charge < -0.3 is 14.0 Å². The van der Waals surface area contributed by atoms with Gasteiger partial charge in [-0.05, 0) is 19.9 Å². The van der Waals surface area contributed by atoms with Crippen LogP contribution >= 0.6 is 10.7 Å². The fourth-order valence-corrected chi connectivity index (χ4v) is 2.74. The lowest BCUT2D eigenvalue weighted by molar-refractivity contribution is 0.0257. The van der Waals surface area contributed by atoms with E-state index in [1.54, 1.807) is 0 Å². The highest BCUT2D eigenvalue weighted by Crippen LogP contribution is 2.23. The summed E-state index contributed by atoms with van der Waals surface area (Å²) in [6, 6.07) is 1.14. The molecule has 0 saturated carbocycles. The summed E-state index contributed by atoms with van der Waals surface area (Å²) in [4.78, 5) is 12.0. The lowest BCUT2D eigenvalue weighted by Gasteiger charge is -2.14. The summed E-state index contributed by atoms with van der Waals surface area (Å²) in [7, 11) is 1.43. The highest BCUT2D eigenvalue weighted by atomic mass is 35.7. The Hall–Kier alpha value is -1.05. The number of halogens is 1. The molecule has 0 bridgehead atoms. The lowest BCUT2D eigenvalue weighted by Crippen LogP contribution is -2.20. The molecule has 8 heteroatoms. The van der Waals surface area contributed by atoms with Crippen LogP contribution in [0.3, 0.4) is 0 Å². The summed E-state index contributed by atoms with van der Waals surface area (Å²) in [6.45, 7) is 4.60. The van der Waals surface area contributed by atoms with E-state index in [4.69, 9.17) is 20.2 Å². The maximum atomic E-state index is 12.1. The van der Waals surface area contributed by atoms with Gasteiger partial charge in [-0.1, -0.05) is 0 Å². The fourth-order valence-electron chi connectivity index (χ4n) is 2.00. The van der Waals surface area contributed by atoms with Crippen molar-refractivity contribution >= 4 is 25.7 Å². The highest BCUT2D eigenvalue weighted by Gasteiger charge is 2.26. The second-order valence-electron chi connectivity index (χ2n) is 4.89. The number of nitrogens with zero attached hydrogens (tertiary/aromatic N) is 1. The van der Waals surface area contributed by atoms with E-state index in [9.17, 15) is 13.2 Å². The maximum Gasteiger partial charge on any atom is 0.355 e. The Kier molecular flexibility index (Phi) is 4.41. The number of hydrogen-bond donors (Lipinski definition) is 0. The number of rotatable bonds is 4. The molecular formula is C12H16ClNO5S. The molecule has 0 spiro atoms. The van der Waals surface area contributed by atoms with E-state index >= 15 is 0 Å². The summed E-state index contributed by atoms with van der Waals surface area (Å²) in [6.07, 6.45) is 1.71. The smallest absolute Gasteiger partial charge is 0.355 e. The van der Waals surface area contributed by atoms with Crippen molar-refractivity contribution in [2.45, 2.75) is 37.3 Å². The zero-order valence-electron chi connectivity index (χ0n) is 11.2. The van der Waals surface area contributed by atoms with E-state index in [0.29, 0.717) is 19.6 Å². The van der Waals surface area contributed by atoms with Crippen molar-refractivity contribution in [3.63, 3.8) is 0 Å². The number of aromatic nitrogens is 1. The molecule has 0 N–H and O–H groups in total. The molecule has 1 fully saturated rings. The van der Waals surface area contributed by atoms with Gasteiger partial charge in [0.05, 0.1) is 13.2 Å². The van der Waals surface area contributed by atoms with Crippen LogP contribution in [-0.2, 0) is 18.5 Å². The third kappa shape index (κ3) is 3.34. The first-order valence-electron chi connectivity index (χ1n) is 6.24. The minimum atomic E-state index is -3.88. The van der Waals surface area contributed by atoms with E-state index in [1.807, 2.05) is 13.8 Å². The van der Waals surface area contributed by atoms with E-state index in [0.717, 1.165) is 0 Å². The van der Waals surface area contributed by atoms with E-state index in [2.05, 4.69) is 0 Å². The van der Waals surface area contributed by atoms with Crippen molar-refractivity contribution < 1.29 is 22.7 Å².